The highest BCUT2D eigenvalue weighted by atomic mass is 32.2. The second-order valence-corrected chi connectivity index (χ2v) is 9.85. The van der Waals surface area contributed by atoms with Crippen LogP contribution in [0, 0.1) is 6.92 Å². The van der Waals surface area contributed by atoms with Crippen molar-refractivity contribution < 1.29 is 13.2 Å². The first-order valence-electron chi connectivity index (χ1n) is 9.81. The van der Waals surface area contributed by atoms with E-state index in [2.05, 4.69) is 14.7 Å². The number of benzene rings is 2. The van der Waals surface area contributed by atoms with E-state index in [0.29, 0.717) is 23.6 Å². The number of nitrogens with one attached hydrogen (secondary N) is 1. The number of thiazole rings is 1. The van der Waals surface area contributed by atoms with Crippen LogP contribution >= 0.6 is 11.3 Å². The van der Waals surface area contributed by atoms with Crippen LogP contribution in [0.4, 0.5) is 5.69 Å². The van der Waals surface area contributed by atoms with Crippen LogP contribution in [0.1, 0.15) is 28.9 Å². The number of hydrogen-bond donors (Lipinski definition) is 1. The van der Waals surface area contributed by atoms with E-state index in [1.54, 1.807) is 17.5 Å². The van der Waals surface area contributed by atoms with Crippen molar-refractivity contribution in [1.82, 2.24) is 9.88 Å². The summed E-state index contributed by atoms with van der Waals surface area (Å²) in [4.78, 5) is 18.9. The SMILES string of the molecule is Cc1ccc(-c2nc(C(=O)Nc3ccc(S(=O)(=O)/N=C4\CCCN4C)cc3)cs2)cc1. The maximum atomic E-state index is 12.5. The second kappa shape index (κ2) is 8.60. The van der Waals surface area contributed by atoms with E-state index < -0.39 is 10.0 Å². The fraction of sp³-hybridized carbons (Fsp3) is 0.227. The Labute approximate surface area is 185 Å². The third-order valence-electron chi connectivity index (χ3n) is 5.01. The summed E-state index contributed by atoms with van der Waals surface area (Å²) < 4.78 is 29.0. The Morgan fingerprint density at radius 2 is 1.84 bits per heavy atom. The van der Waals surface area contributed by atoms with Gasteiger partial charge < -0.3 is 10.2 Å². The van der Waals surface area contributed by atoms with Crippen molar-refractivity contribution >= 4 is 38.8 Å². The van der Waals surface area contributed by atoms with Crippen LogP contribution in [0.2, 0.25) is 0 Å². The molecule has 1 aromatic heterocycles. The summed E-state index contributed by atoms with van der Waals surface area (Å²) in [5.41, 5.74) is 2.91. The Balaban J connectivity index is 1.45. The molecule has 0 aliphatic carbocycles. The highest BCUT2D eigenvalue weighted by Crippen LogP contribution is 2.25. The van der Waals surface area contributed by atoms with Gasteiger partial charge in [-0.15, -0.1) is 15.7 Å². The lowest BCUT2D eigenvalue weighted by molar-refractivity contribution is 0.102. The van der Waals surface area contributed by atoms with Crippen molar-refractivity contribution in [2.24, 2.45) is 4.40 Å². The number of nitrogens with zero attached hydrogens (tertiary/aromatic N) is 3. The summed E-state index contributed by atoms with van der Waals surface area (Å²) in [5.74, 6) is 0.225. The Morgan fingerprint density at radius 1 is 1.13 bits per heavy atom. The average Bonchev–Trinajstić information content (AvgIpc) is 3.39. The molecule has 31 heavy (non-hydrogen) atoms. The van der Waals surface area contributed by atoms with Crippen molar-refractivity contribution in [2.75, 3.05) is 18.9 Å². The van der Waals surface area contributed by atoms with E-state index in [1.165, 1.54) is 23.5 Å². The van der Waals surface area contributed by atoms with Crippen LogP contribution in [-0.2, 0) is 10.0 Å². The van der Waals surface area contributed by atoms with E-state index >= 15 is 0 Å². The fourth-order valence-electron chi connectivity index (χ4n) is 3.21. The number of carbonyl (C=O) groups excluding carboxylic acids is 1. The third-order valence-corrected chi connectivity index (χ3v) is 7.22. The summed E-state index contributed by atoms with van der Waals surface area (Å²) in [6, 6.07) is 13.9. The predicted molar refractivity (Wildman–Crippen MR) is 123 cm³/mol. The lowest BCUT2D eigenvalue weighted by Crippen LogP contribution is -2.20. The Hall–Kier alpha value is -3.04. The zero-order chi connectivity index (χ0) is 22.0. The van der Waals surface area contributed by atoms with Gasteiger partial charge >= 0.3 is 0 Å². The van der Waals surface area contributed by atoms with Crippen LogP contribution in [-0.4, -0.2) is 43.6 Å². The first kappa shape index (κ1) is 21.2. The molecular weight excluding hydrogens is 432 g/mol. The number of sulfonamides is 1. The van der Waals surface area contributed by atoms with Gasteiger partial charge in [0, 0.05) is 36.6 Å². The summed E-state index contributed by atoms with van der Waals surface area (Å²) in [6.45, 7) is 2.82. The van der Waals surface area contributed by atoms with Crippen LogP contribution in [0.25, 0.3) is 10.6 Å². The summed E-state index contributed by atoms with van der Waals surface area (Å²) in [5, 5.41) is 5.23. The molecule has 9 heteroatoms. The van der Waals surface area contributed by atoms with Crippen LogP contribution in [0.15, 0.2) is 63.2 Å². The molecule has 0 unspecified atom stereocenters. The number of anilines is 1. The van der Waals surface area contributed by atoms with E-state index in [4.69, 9.17) is 0 Å². The minimum atomic E-state index is -3.78. The maximum absolute atomic E-state index is 12.5. The van der Waals surface area contributed by atoms with Gasteiger partial charge in [0.15, 0.2) is 0 Å². The van der Waals surface area contributed by atoms with Crippen LogP contribution in [0.3, 0.4) is 0 Å². The molecule has 1 aliphatic heterocycles. The molecule has 0 spiro atoms. The Morgan fingerprint density at radius 3 is 2.48 bits per heavy atom. The fourth-order valence-corrected chi connectivity index (χ4v) is 5.11. The summed E-state index contributed by atoms with van der Waals surface area (Å²) in [6.07, 6.45) is 1.56. The van der Waals surface area contributed by atoms with Gasteiger partial charge in [0.1, 0.15) is 16.5 Å². The molecular formula is C22H22N4O3S2. The summed E-state index contributed by atoms with van der Waals surface area (Å²) in [7, 11) is -1.95. The molecule has 1 saturated heterocycles. The van der Waals surface area contributed by atoms with Gasteiger partial charge in [-0.25, -0.2) is 4.98 Å². The van der Waals surface area contributed by atoms with E-state index in [0.717, 1.165) is 29.1 Å². The Bertz CT molecular complexity index is 1230. The molecule has 4 rings (SSSR count). The maximum Gasteiger partial charge on any atom is 0.283 e. The number of hydrogen-bond acceptors (Lipinski definition) is 5. The van der Waals surface area contributed by atoms with Gasteiger partial charge in [0.25, 0.3) is 15.9 Å². The average molecular weight is 455 g/mol. The lowest BCUT2D eigenvalue weighted by atomic mass is 10.2. The highest BCUT2D eigenvalue weighted by molar-refractivity contribution is 7.90. The van der Waals surface area contributed by atoms with Gasteiger partial charge in [-0.3, -0.25) is 4.79 Å². The molecule has 0 bridgehead atoms. The molecule has 0 atom stereocenters. The molecule has 0 saturated carbocycles. The van der Waals surface area contributed by atoms with Gasteiger partial charge in [-0.1, -0.05) is 29.8 Å². The van der Waals surface area contributed by atoms with E-state index in [-0.39, 0.29) is 10.8 Å². The minimum Gasteiger partial charge on any atom is -0.362 e. The second-order valence-electron chi connectivity index (χ2n) is 7.39. The lowest BCUT2D eigenvalue weighted by Gasteiger charge is -2.11. The molecule has 1 amide bonds. The van der Waals surface area contributed by atoms with Crippen molar-refractivity contribution in [1.29, 1.82) is 0 Å². The van der Waals surface area contributed by atoms with Gasteiger partial charge in [-0.2, -0.15) is 8.42 Å². The van der Waals surface area contributed by atoms with Crippen molar-refractivity contribution in [3.05, 3.63) is 65.2 Å². The van der Waals surface area contributed by atoms with E-state index in [1.807, 2.05) is 43.1 Å². The molecule has 2 aromatic carbocycles. The standard InChI is InChI=1S/C22H22N4O3S2/c1-15-5-7-16(8-6-15)22-24-19(14-30-22)21(27)23-17-9-11-18(12-10-17)31(28,29)25-20-4-3-13-26(20)2/h5-12,14H,3-4,13H2,1-2H3,(H,23,27)/b25-20+. The summed E-state index contributed by atoms with van der Waals surface area (Å²) >= 11 is 1.40. The minimum absolute atomic E-state index is 0.0913. The van der Waals surface area contributed by atoms with Gasteiger partial charge in [0.2, 0.25) is 0 Å². The Kier molecular flexibility index (Phi) is 5.88. The van der Waals surface area contributed by atoms with Crippen LogP contribution < -0.4 is 5.32 Å². The molecule has 1 aliphatic rings. The van der Waals surface area contributed by atoms with Crippen molar-refractivity contribution in [3.8, 4) is 10.6 Å². The molecule has 1 N–H and O–H groups in total. The molecule has 2 heterocycles. The number of likely N-dealkylation sites (tertiary alicyclic amines) is 1. The number of rotatable bonds is 5. The number of aromatic nitrogens is 1. The number of amides is 1. The smallest absolute Gasteiger partial charge is 0.283 e. The zero-order valence-electron chi connectivity index (χ0n) is 17.2. The quantitative estimate of drug-likeness (QED) is 0.624. The molecule has 0 radical (unpaired) electrons. The molecule has 1 fully saturated rings. The first-order chi connectivity index (χ1) is 14.8. The topological polar surface area (TPSA) is 91.7 Å². The van der Waals surface area contributed by atoms with Crippen molar-refractivity contribution in [2.45, 2.75) is 24.7 Å². The van der Waals surface area contributed by atoms with E-state index in [9.17, 15) is 13.2 Å². The largest absolute Gasteiger partial charge is 0.362 e. The number of amidine groups is 1. The van der Waals surface area contributed by atoms with Gasteiger partial charge in [-0.05, 0) is 37.6 Å². The number of aryl methyl sites for hydroxylation is 1. The molecule has 160 valence electrons. The third kappa shape index (κ3) is 4.83. The highest BCUT2D eigenvalue weighted by Gasteiger charge is 2.20. The van der Waals surface area contributed by atoms with Gasteiger partial charge in [0.05, 0.1) is 4.90 Å². The van der Waals surface area contributed by atoms with Crippen LogP contribution in [0.5, 0.6) is 0 Å². The number of carbonyl (C=O) groups is 1. The molecule has 3 aromatic rings. The molecule has 7 nitrogen and oxygen atoms in total. The van der Waals surface area contributed by atoms with Crippen molar-refractivity contribution in [3.63, 3.8) is 0 Å². The monoisotopic (exact) mass is 454 g/mol. The normalized spacial score (nSPS) is 15.4. The zero-order valence-corrected chi connectivity index (χ0v) is 18.8. The first-order valence-corrected chi connectivity index (χ1v) is 12.1. The predicted octanol–water partition coefficient (Wildman–Crippen LogP) is 4.18.